The fourth-order valence-electron chi connectivity index (χ4n) is 1.01. The summed E-state index contributed by atoms with van der Waals surface area (Å²) in [7, 11) is 0. The standard InChI is InChI=1S/C10H12N2O4S/c1-3-5-16-10(15)12-8-7(9(13)14)11-6(4-2)17-8/h3H,1,4-5H2,2H3,(H,12,15)(H,13,14). The van der Waals surface area contributed by atoms with Crippen LogP contribution in [0.5, 0.6) is 0 Å². The smallest absolute Gasteiger partial charge is 0.412 e. The van der Waals surface area contributed by atoms with Gasteiger partial charge in [-0.1, -0.05) is 19.6 Å². The molecule has 1 aromatic rings. The van der Waals surface area contributed by atoms with Gasteiger partial charge >= 0.3 is 12.1 Å². The summed E-state index contributed by atoms with van der Waals surface area (Å²) in [5.74, 6) is -1.18. The van der Waals surface area contributed by atoms with Crippen LogP contribution in [-0.2, 0) is 11.2 Å². The number of ether oxygens (including phenoxy) is 1. The number of nitrogens with one attached hydrogen (secondary N) is 1. The van der Waals surface area contributed by atoms with Crippen molar-refractivity contribution in [2.45, 2.75) is 13.3 Å². The Morgan fingerprint density at radius 1 is 1.65 bits per heavy atom. The van der Waals surface area contributed by atoms with Crippen LogP contribution in [0.4, 0.5) is 9.80 Å². The molecule has 1 heterocycles. The third-order valence-corrected chi connectivity index (χ3v) is 2.84. The zero-order valence-electron chi connectivity index (χ0n) is 9.23. The number of carboxylic acids is 1. The van der Waals surface area contributed by atoms with E-state index in [2.05, 4.69) is 16.9 Å². The molecular formula is C10H12N2O4S. The Bertz CT molecular complexity index is 442. The van der Waals surface area contributed by atoms with Gasteiger partial charge in [0, 0.05) is 0 Å². The maximum Gasteiger partial charge on any atom is 0.412 e. The number of aromatic carboxylic acids is 1. The van der Waals surface area contributed by atoms with E-state index >= 15 is 0 Å². The molecule has 0 radical (unpaired) electrons. The van der Waals surface area contributed by atoms with Crippen LogP contribution in [0.15, 0.2) is 12.7 Å². The lowest BCUT2D eigenvalue weighted by atomic mass is 10.4. The van der Waals surface area contributed by atoms with Crippen molar-refractivity contribution in [1.29, 1.82) is 0 Å². The van der Waals surface area contributed by atoms with Gasteiger partial charge < -0.3 is 9.84 Å². The zero-order valence-corrected chi connectivity index (χ0v) is 10.0. The third-order valence-electron chi connectivity index (χ3n) is 1.72. The first-order valence-corrected chi connectivity index (χ1v) is 5.67. The molecule has 17 heavy (non-hydrogen) atoms. The monoisotopic (exact) mass is 256 g/mol. The number of nitrogens with zero attached hydrogens (tertiary/aromatic N) is 1. The SMILES string of the molecule is C=CCOC(=O)Nc1sc(CC)nc1C(=O)O. The van der Waals surface area contributed by atoms with E-state index in [1.807, 2.05) is 6.92 Å². The molecule has 0 unspecified atom stereocenters. The number of carbonyl (C=O) groups excluding carboxylic acids is 1. The summed E-state index contributed by atoms with van der Waals surface area (Å²) in [6, 6.07) is 0. The quantitative estimate of drug-likeness (QED) is 0.788. The molecule has 1 rings (SSSR count). The molecular weight excluding hydrogens is 244 g/mol. The summed E-state index contributed by atoms with van der Waals surface area (Å²) in [4.78, 5) is 26.0. The number of hydrogen-bond donors (Lipinski definition) is 2. The molecule has 0 saturated carbocycles. The number of aromatic nitrogens is 1. The summed E-state index contributed by atoms with van der Waals surface area (Å²) < 4.78 is 4.69. The molecule has 92 valence electrons. The fourth-order valence-corrected chi connectivity index (χ4v) is 1.89. The number of anilines is 1. The highest BCUT2D eigenvalue weighted by Gasteiger charge is 2.18. The highest BCUT2D eigenvalue weighted by Crippen LogP contribution is 2.25. The molecule has 0 atom stereocenters. The van der Waals surface area contributed by atoms with Gasteiger partial charge in [-0.3, -0.25) is 5.32 Å². The Balaban J connectivity index is 2.81. The van der Waals surface area contributed by atoms with E-state index < -0.39 is 12.1 Å². The van der Waals surface area contributed by atoms with Gasteiger partial charge in [-0.15, -0.1) is 11.3 Å². The topological polar surface area (TPSA) is 88.5 Å². The van der Waals surface area contributed by atoms with E-state index in [0.29, 0.717) is 11.4 Å². The molecule has 6 nitrogen and oxygen atoms in total. The molecule has 0 aliphatic rings. The van der Waals surface area contributed by atoms with E-state index in [1.54, 1.807) is 0 Å². The van der Waals surface area contributed by atoms with E-state index in [9.17, 15) is 9.59 Å². The number of hydrogen-bond acceptors (Lipinski definition) is 5. The first kappa shape index (κ1) is 13.2. The Hall–Kier alpha value is -1.89. The molecule has 0 bridgehead atoms. The van der Waals surface area contributed by atoms with E-state index in [0.717, 1.165) is 11.3 Å². The lowest BCUT2D eigenvalue weighted by molar-refractivity contribution is 0.0692. The van der Waals surface area contributed by atoms with Gasteiger partial charge in [-0.25, -0.2) is 14.6 Å². The Morgan fingerprint density at radius 3 is 2.88 bits per heavy atom. The minimum atomic E-state index is -1.18. The summed E-state index contributed by atoms with van der Waals surface area (Å²) >= 11 is 1.12. The molecule has 0 aliphatic carbocycles. The van der Waals surface area contributed by atoms with Crippen molar-refractivity contribution in [3.8, 4) is 0 Å². The van der Waals surface area contributed by atoms with Crippen molar-refractivity contribution in [3.63, 3.8) is 0 Å². The second-order valence-electron chi connectivity index (χ2n) is 2.96. The fraction of sp³-hybridized carbons (Fsp3) is 0.300. The largest absolute Gasteiger partial charge is 0.476 e. The number of rotatable bonds is 5. The number of thiazole rings is 1. The normalized spacial score (nSPS) is 9.71. The van der Waals surface area contributed by atoms with Crippen LogP contribution in [0.1, 0.15) is 22.4 Å². The predicted octanol–water partition coefficient (Wildman–Crippen LogP) is 2.14. The van der Waals surface area contributed by atoms with Crippen LogP contribution in [0.2, 0.25) is 0 Å². The molecule has 2 N–H and O–H groups in total. The highest BCUT2D eigenvalue weighted by molar-refractivity contribution is 7.16. The lowest BCUT2D eigenvalue weighted by Crippen LogP contribution is -2.15. The Labute approximate surface area is 102 Å². The van der Waals surface area contributed by atoms with Crippen molar-refractivity contribution in [3.05, 3.63) is 23.4 Å². The van der Waals surface area contributed by atoms with Crippen molar-refractivity contribution in [1.82, 2.24) is 4.98 Å². The van der Waals surface area contributed by atoms with E-state index in [-0.39, 0.29) is 17.3 Å². The second-order valence-corrected chi connectivity index (χ2v) is 4.04. The van der Waals surface area contributed by atoms with Gasteiger partial charge in [0.05, 0.1) is 5.01 Å². The first-order chi connectivity index (χ1) is 8.08. The van der Waals surface area contributed by atoms with Crippen molar-refractivity contribution in [2.75, 3.05) is 11.9 Å². The average molecular weight is 256 g/mol. The first-order valence-electron chi connectivity index (χ1n) is 4.86. The van der Waals surface area contributed by atoms with Crippen LogP contribution in [0, 0.1) is 0 Å². The Kier molecular flexibility index (Phi) is 4.65. The van der Waals surface area contributed by atoms with Gasteiger partial charge in [0.25, 0.3) is 0 Å². The van der Waals surface area contributed by atoms with Crippen molar-refractivity contribution < 1.29 is 19.4 Å². The molecule has 1 aromatic heterocycles. The molecule has 0 aromatic carbocycles. The number of carbonyl (C=O) groups is 2. The van der Waals surface area contributed by atoms with Crippen molar-refractivity contribution >= 4 is 28.4 Å². The van der Waals surface area contributed by atoms with Crippen LogP contribution in [0.25, 0.3) is 0 Å². The summed E-state index contributed by atoms with van der Waals surface area (Å²) in [6.45, 7) is 5.31. The predicted molar refractivity (Wildman–Crippen MR) is 63.6 cm³/mol. The maximum absolute atomic E-state index is 11.2. The van der Waals surface area contributed by atoms with Crippen LogP contribution in [-0.4, -0.2) is 28.8 Å². The van der Waals surface area contributed by atoms with Crippen molar-refractivity contribution in [2.24, 2.45) is 0 Å². The van der Waals surface area contributed by atoms with Gasteiger partial charge in [-0.2, -0.15) is 0 Å². The van der Waals surface area contributed by atoms with Crippen LogP contribution < -0.4 is 5.32 Å². The summed E-state index contributed by atoms with van der Waals surface area (Å²) in [5.41, 5.74) is -0.164. The lowest BCUT2D eigenvalue weighted by Gasteiger charge is -2.02. The molecule has 0 spiro atoms. The van der Waals surface area contributed by atoms with Gasteiger partial charge in [0.1, 0.15) is 11.6 Å². The van der Waals surface area contributed by atoms with Crippen LogP contribution in [0.3, 0.4) is 0 Å². The minimum absolute atomic E-state index is 0.0632. The molecule has 0 saturated heterocycles. The second kappa shape index (κ2) is 6.00. The maximum atomic E-state index is 11.2. The number of amides is 1. The molecule has 7 heteroatoms. The number of aryl methyl sites for hydroxylation is 1. The van der Waals surface area contributed by atoms with Gasteiger partial charge in [-0.05, 0) is 6.42 Å². The molecule has 0 aliphatic heterocycles. The van der Waals surface area contributed by atoms with E-state index in [4.69, 9.17) is 9.84 Å². The minimum Gasteiger partial charge on any atom is -0.476 e. The van der Waals surface area contributed by atoms with Crippen LogP contribution >= 0.6 is 11.3 Å². The summed E-state index contributed by atoms with van der Waals surface area (Å²) in [5, 5.41) is 12.1. The number of carboxylic acid groups (broad SMARTS) is 1. The summed E-state index contributed by atoms with van der Waals surface area (Å²) in [6.07, 6.45) is 1.30. The molecule has 0 fully saturated rings. The third kappa shape index (κ3) is 3.56. The van der Waals surface area contributed by atoms with Gasteiger partial charge in [0.2, 0.25) is 0 Å². The zero-order chi connectivity index (χ0) is 12.8. The van der Waals surface area contributed by atoms with Gasteiger partial charge in [0.15, 0.2) is 5.69 Å². The highest BCUT2D eigenvalue weighted by atomic mass is 32.1. The van der Waals surface area contributed by atoms with E-state index in [1.165, 1.54) is 6.08 Å². The Morgan fingerprint density at radius 2 is 2.35 bits per heavy atom. The molecule has 1 amide bonds. The average Bonchev–Trinajstić information content (AvgIpc) is 2.69.